The molecule has 0 saturated carbocycles. The van der Waals surface area contributed by atoms with E-state index in [4.69, 9.17) is 5.73 Å². The third kappa shape index (κ3) is 2.57. The van der Waals surface area contributed by atoms with Gasteiger partial charge in [0.05, 0.1) is 5.92 Å². The zero-order valence-corrected chi connectivity index (χ0v) is 13.3. The third-order valence-corrected chi connectivity index (χ3v) is 5.03. The van der Waals surface area contributed by atoms with Crippen LogP contribution in [0.1, 0.15) is 19.3 Å². The molecular formula is C16H20N6O2. The van der Waals surface area contributed by atoms with E-state index in [1.165, 1.54) is 0 Å². The summed E-state index contributed by atoms with van der Waals surface area (Å²) < 4.78 is 1.77. The topological polar surface area (TPSA) is 96.8 Å². The highest BCUT2D eigenvalue weighted by atomic mass is 16.2. The Morgan fingerprint density at radius 2 is 2.04 bits per heavy atom. The van der Waals surface area contributed by atoms with E-state index in [0.717, 1.165) is 37.4 Å². The minimum Gasteiger partial charge on any atom is -0.369 e. The fourth-order valence-corrected chi connectivity index (χ4v) is 3.66. The first-order chi connectivity index (χ1) is 11.6. The summed E-state index contributed by atoms with van der Waals surface area (Å²) in [6, 6.07) is 4.12. The molecule has 2 amide bonds. The molecule has 2 N–H and O–H groups in total. The first kappa shape index (κ1) is 14.9. The highest BCUT2D eigenvalue weighted by Crippen LogP contribution is 2.27. The third-order valence-electron chi connectivity index (χ3n) is 5.03. The second kappa shape index (κ2) is 5.77. The molecule has 0 bridgehead atoms. The van der Waals surface area contributed by atoms with E-state index in [1.807, 2.05) is 23.2 Å². The van der Waals surface area contributed by atoms with E-state index in [2.05, 4.69) is 15.0 Å². The predicted octanol–water partition coefficient (Wildman–Crippen LogP) is 0.0319. The monoisotopic (exact) mass is 328 g/mol. The number of imidazole rings is 1. The summed E-state index contributed by atoms with van der Waals surface area (Å²) in [5.74, 6) is 0.263. The van der Waals surface area contributed by atoms with Crippen molar-refractivity contribution >= 4 is 23.3 Å². The van der Waals surface area contributed by atoms with Crippen molar-refractivity contribution in [2.45, 2.75) is 25.3 Å². The van der Waals surface area contributed by atoms with Crippen molar-refractivity contribution in [1.82, 2.24) is 19.5 Å². The first-order valence-electron chi connectivity index (χ1n) is 8.26. The number of nitrogens with two attached hydrogens (primary N) is 1. The Hall–Kier alpha value is -2.64. The van der Waals surface area contributed by atoms with Crippen molar-refractivity contribution in [3.05, 3.63) is 24.5 Å². The van der Waals surface area contributed by atoms with Crippen molar-refractivity contribution in [2.75, 3.05) is 24.5 Å². The number of aromatic nitrogens is 3. The van der Waals surface area contributed by atoms with Crippen LogP contribution in [0, 0.1) is 5.92 Å². The molecule has 2 aromatic rings. The van der Waals surface area contributed by atoms with Gasteiger partial charge in [-0.05, 0) is 25.0 Å². The van der Waals surface area contributed by atoms with Gasteiger partial charge in [-0.15, -0.1) is 5.10 Å². The van der Waals surface area contributed by atoms with Crippen LogP contribution in [0.3, 0.4) is 0 Å². The number of carbonyl (C=O) groups is 2. The molecule has 2 saturated heterocycles. The zero-order valence-electron chi connectivity index (χ0n) is 13.3. The summed E-state index contributed by atoms with van der Waals surface area (Å²) in [4.78, 5) is 31.7. The molecule has 126 valence electrons. The van der Waals surface area contributed by atoms with Gasteiger partial charge in [-0.1, -0.05) is 0 Å². The number of amides is 2. The van der Waals surface area contributed by atoms with E-state index >= 15 is 0 Å². The molecule has 4 rings (SSSR count). The van der Waals surface area contributed by atoms with Gasteiger partial charge in [-0.2, -0.15) is 0 Å². The van der Waals surface area contributed by atoms with Crippen molar-refractivity contribution < 1.29 is 9.59 Å². The summed E-state index contributed by atoms with van der Waals surface area (Å²) in [6.45, 7) is 2.14. The molecule has 8 heteroatoms. The van der Waals surface area contributed by atoms with Crippen LogP contribution in [0.4, 0.5) is 5.82 Å². The minimum absolute atomic E-state index is 0.0511. The summed E-state index contributed by atoms with van der Waals surface area (Å²) in [5.41, 5.74) is 6.17. The van der Waals surface area contributed by atoms with Gasteiger partial charge in [0.15, 0.2) is 5.65 Å². The molecule has 0 radical (unpaired) electrons. The molecule has 2 fully saturated rings. The highest BCUT2D eigenvalue weighted by Gasteiger charge is 2.38. The number of piperidine rings is 1. The highest BCUT2D eigenvalue weighted by molar-refractivity contribution is 5.88. The molecule has 0 aromatic carbocycles. The smallest absolute Gasteiger partial charge is 0.223 e. The van der Waals surface area contributed by atoms with Crippen molar-refractivity contribution in [3.8, 4) is 0 Å². The van der Waals surface area contributed by atoms with Gasteiger partial charge in [0.25, 0.3) is 0 Å². The molecule has 2 aromatic heterocycles. The first-order valence-corrected chi connectivity index (χ1v) is 8.26. The van der Waals surface area contributed by atoms with Crippen LogP contribution >= 0.6 is 0 Å². The number of rotatable bonds is 3. The second-order valence-electron chi connectivity index (χ2n) is 6.49. The summed E-state index contributed by atoms with van der Waals surface area (Å²) in [5, 5.41) is 4.57. The largest absolute Gasteiger partial charge is 0.369 e. The standard InChI is InChI=1S/C16H20N6O2/c17-16(24)11-9-15(23)21(10-11)12-3-6-20(7-4-12)14-2-1-13-18-5-8-22(13)19-14/h1-2,5,8,11-12H,3-4,6-7,9-10H2,(H2,17,24). The summed E-state index contributed by atoms with van der Waals surface area (Å²) in [6.07, 6.45) is 5.57. The number of anilines is 1. The number of hydrogen-bond donors (Lipinski definition) is 1. The van der Waals surface area contributed by atoms with Gasteiger partial charge in [-0.25, -0.2) is 9.50 Å². The molecule has 1 unspecified atom stereocenters. The Morgan fingerprint density at radius 3 is 2.75 bits per heavy atom. The number of fused-ring (bicyclic) bond motifs is 1. The number of likely N-dealkylation sites (tertiary alicyclic amines) is 1. The second-order valence-corrected chi connectivity index (χ2v) is 6.49. The molecular weight excluding hydrogens is 308 g/mol. The van der Waals surface area contributed by atoms with Crippen LogP contribution in [-0.4, -0.2) is 57.0 Å². The Morgan fingerprint density at radius 1 is 1.25 bits per heavy atom. The number of nitrogens with zero attached hydrogens (tertiary/aromatic N) is 5. The summed E-state index contributed by atoms with van der Waals surface area (Å²) >= 11 is 0. The molecule has 8 nitrogen and oxygen atoms in total. The maximum Gasteiger partial charge on any atom is 0.223 e. The molecule has 0 aliphatic carbocycles. The fraction of sp³-hybridized carbons (Fsp3) is 0.500. The molecule has 0 spiro atoms. The van der Waals surface area contributed by atoms with E-state index in [9.17, 15) is 9.59 Å². The van der Waals surface area contributed by atoms with Gasteiger partial charge in [0, 0.05) is 44.5 Å². The van der Waals surface area contributed by atoms with Crippen LogP contribution < -0.4 is 10.6 Å². The average Bonchev–Trinajstić information content (AvgIpc) is 3.20. The van der Waals surface area contributed by atoms with Gasteiger partial charge in [0.1, 0.15) is 5.82 Å². The average molecular weight is 328 g/mol. The van der Waals surface area contributed by atoms with Gasteiger partial charge in [0.2, 0.25) is 11.8 Å². The van der Waals surface area contributed by atoms with Crippen molar-refractivity contribution in [1.29, 1.82) is 0 Å². The fourth-order valence-electron chi connectivity index (χ4n) is 3.66. The lowest BCUT2D eigenvalue weighted by Crippen LogP contribution is -2.46. The maximum atomic E-state index is 12.1. The van der Waals surface area contributed by atoms with Crippen LogP contribution in [0.2, 0.25) is 0 Å². The Bertz CT molecular complexity index is 780. The molecule has 2 aliphatic heterocycles. The van der Waals surface area contributed by atoms with Gasteiger partial charge < -0.3 is 15.5 Å². The van der Waals surface area contributed by atoms with Crippen LogP contribution in [0.15, 0.2) is 24.5 Å². The normalized spacial score (nSPS) is 22.5. The maximum absolute atomic E-state index is 12.1. The Kier molecular flexibility index (Phi) is 3.59. The van der Waals surface area contributed by atoms with Crippen molar-refractivity contribution in [2.24, 2.45) is 11.7 Å². The molecule has 2 aliphatic rings. The minimum atomic E-state index is -0.374. The molecule has 1 atom stereocenters. The van der Waals surface area contributed by atoms with Crippen LogP contribution in [0.25, 0.3) is 5.65 Å². The quantitative estimate of drug-likeness (QED) is 0.857. The lowest BCUT2D eigenvalue weighted by Gasteiger charge is -2.37. The SMILES string of the molecule is NC(=O)C1CC(=O)N(C2CCN(c3ccc4nccn4n3)CC2)C1. The van der Waals surface area contributed by atoms with E-state index in [-0.39, 0.29) is 30.2 Å². The van der Waals surface area contributed by atoms with E-state index < -0.39 is 0 Å². The van der Waals surface area contributed by atoms with Crippen LogP contribution in [0.5, 0.6) is 0 Å². The van der Waals surface area contributed by atoms with Gasteiger partial charge in [-0.3, -0.25) is 9.59 Å². The lowest BCUT2D eigenvalue weighted by atomic mass is 10.0. The van der Waals surface area contributed by atoms with Gasteiger partial charge >= 0.3 is 0 Å². The predicted molar refractivity (Wildman–Crippen MR) is 87.2 cm³/mol. The number of primary amides is 1. The molecule has 4 heterocycles. The van der Waals surface area contributed by atoms with E-state index in [0.29, 0.717) is 6.54 Å². The summed E-state index contributed by atoms with van der Waals surface area (Å²) in [7, 11) is 0. The van der Waals surface area contributed by atoms with Crippen LogP contribution in [-0.2, 0) is 9.59 Å². The molecule has 24 heavy (non-hydrogen) atoms. The number of carbonyl (C=O) groups excluding carboxylic acids is 2. The number of hydrogen-bond acceptors (Lipinski definition) is 5. The van der Waals surface area contributed by atoms with E-state index in [1.54, 1.807) is 10.7 Å². The Labute approximate surface area is 139 Å². The lowest BCUT2D eigenvalue weighted by molar-refractivity contribution is -0.130. The zero-order chi connectivity index (χ0) is 16.7. The Balaban J connectivity index is 1.41. The van der Waals surface area contributed by atoms with Crippen molar-refractivity contribution in [3.63, 3.8) is 0 Å².